The quantitative estimate of drug-likeness (QED) is 0.291. The van der Waals surface area contributed by atoms with Gasteiger partial charge in [0.15, 0.2) is 5.84 Å². The molecule has 0 saturated heterocycles. The lowest BCUT2D eigenvalue weighted by atomic mass is 9.84. The first-order valence-electron chi connectivity index (χ1n) is 6.45. The van der Waals surface area contributed by atoms with Gasteiger partial charge >= 0.3 is 0 Å². The predicted octanol–water partition coefficient (Wildman–Crippen LogP) is 1.21. The van der Waals surface area contributed by atoms with Crippen molar-refractivity contribution >= 4 is 11.7 Å². The average molecular weight is 239 g/mol. The predicted molar refractivity (Wildman–Crippen MR) is 64.7 cm³/mol. The van der Waals surface area contributed by atoms with Crippen molar-refractivity contribution in [3.63, 3.8) is 0 Å². The van der Waals surface area contributed by atoms with Crippen molar-refractivity contribution in [3.8, 4) is 0 Å². The van der Waals surface area contributed by atoms with Crippen LogP contribution < -0.4 is 11.1 Å². The summed E-state index contributed by atoms with van der Waals surface area (Å²) in [7, 11) is 0. The van der Waals surface area contributed by atoms with Crippen LogP contribution in [0.15, 0.2) is 5.16 Å². The monoisotopic (exact) mass is 239 g/mol. The van der Waals surface area contributed by atoms with Gasteiger partial charge in [0.2, 0.25) is 5.91 Å². The number of hydrogen-bond acceptors (Lipinski definition) is 3. The number of nitrogens with zero attached hydrogens (tertiary/aromatic N) is 1. The molecule has 0 bridgehead atoms. The van der Waals surface area contributed by atoms with Crippen LogP contribution in [-0.2, 0) is 4.79 Å². The Morgan fingerprint density at radius 2 is 2.06 bits per heavy atom. The Balaban J connectivity index is 1.92. The summed E-state index contributed by atoms with van der Waals surface area (Å²) in [6, 6.07) is 0. The van der Waals surface area contributed by atoms with Crippen molar-refractivity contribution in [1.82, 2.24) is 5.32 Å². The maximum absolute atomic E-state index is 12.2. The molecule has 0 unspecified atom stereocenters. The van der Waals surface area contributed by atoms with Gasteiger partial charge in [-0.25, -0.2) is 0 Å². The van der Waals surface area contributed by atoms with E-state index in [1.807, 2.05) is 0 Å². The number of nitrogens with one attached hydrogen (secondary N) is 1. The zero-order valence-electron chi connectivity index (χ0n) is 10.1. The zero-order chi connectivity index (χ0) is 12.3. The molecule has 0 spiro atoms. The highest BCUT2D eigenvalue weighted by molar-refractivity contribution is 6.07. The van der Waals surface area contributed by atoms with E-state index in [0.717, 1.165) is 25.2 Å². The van der Waals surface area contributed by atoms with Crippen molar-refractivity contribution in [2.24, 2.45) is 22.2 Å². The van der Waals surface area contributed by atoms with Gasteiger partial charge in [0.25, 0.3) is 0 Å². The van der Waals surface area contributed by atoms with Crippen molar-refractivity contribution in [2.45, 2.75) is 44.9 Å². The summed E-state index contributed by atoms with van der Waals surface area (Å²) in [4.78, 5) is 12.2. The van der Waals surface area contributed by atoms with Crippen molar-refractivity contribution < 1.29 is 10.0 Å². The Kier molecular flexibility index (Phi) is 3.54. The summed E-state index contributed by atoms with van der Waals surface area (Å²) in [5.74, 6) is 0.809. The second-order valence-corrected chi connectivity index (χ2v) is 5.26. The SMILES string of the molecule is NC(=NO)C1(C(=O)NCCC2CC2)CCCC1. The standard InChI is InChI=1S/C12H21N3O2/c13-10(15-17)12(6-1-2-7-12)11(16)14-8-5-9-3-4-9/h9,17H,1-8H2,(H2,13,15)(H,14,16). The second kappa shape index (κ2) is 4.94. The minimum absolute atomic E-state index is 0.0639. The minimum Gasteiger partial charge on any atom is -0.409 e. The molecular formula is C12H21N3O2. The lowest BCUT2D eigenvalue weighted by molar-refractivity contribution is -0.127. The molecule has 2 fully saturated rings. The van der Waals surface area contributed by atoms with E-state index in [1.165, 1.54) is 12.8 Å². The van der Waals surface area contributed by atoms with Crippen LogP contribution in [0.1, 0.15) is 44.9 Å². The van der Waals surface area contributed by atoms with Crippen LogP contribution in [0.4, 0.5) is 0 Å². The maximum atomic E-state index is 12.2. The van der Waals surface area contributed by atoms with Crippen LogP contribution in [-0.4, -0.2) is 23.5 Å². The zero-order valence-corrected chi connectivity index (χ0v) is 10.1. The van der Waals surface area contributed by atoms with Gasteiger partial charge in [-0.2, -0.15) is 0 Å². The van der Waals surface area contributed by atoms with Gasteiger partial charge in [0.1, 0.15) is 5.41 Å². The summed E-state index contributed by atoms with van der Waals surface area (Å²) in [5.41, 5.74) is 4.95. The molecule has 0 aromatic heterocycles. The molecule has 2 rings (SSSR count). The number of amides is 1. The molecule has 2 aliphatic carbocycles. The number of rotatable bonds is 5. The normalized spacial score (nSPS) is 23.6. The van der Waals surface area contributed by atoms with E-state index in [1.54, 1.807) is 0 Å². The van der Waals surface area contributed by atoms with E-state index >= 15 is 0 Å². The summed E-state index contributed by atoms with van der Waals surface area (Å²) in [5, 5.41) is 14.8. The largest absolute Gasteiger partial charge is 0.409 e. The molecule has 0 atom stereocenters. The topological polar surface area (TPSA) is 87.7 Å². The van der Waals surface area contributed by atoms with Crippen molar-refractivity contribution in [1.29, 1.82) is 0 Å². The third-order valence-corrected chi connectivity index (χ3v) is 4.02. The Labute approximate surface area is 101 Å². The first-order valence-corrected chi connectivity index (χ1v) is 6.45. The summed E-state index contributed by atoms with van der Waals surface area (Å²) >= 11 is 0. The van der Waals surface area contributed by atoms with Crippen LogP contribution in [0.2, 0.25) is 0 Å². The smallest absolute Gasteiger partial charge is 0.233 e. The number of oxime groups is 1. The molecule has 0 aromatic carbocycles. The first-order chi connectivity index (χ1) is 8.19. The first kappa shape index (κ1) is 12.2. The second-order valence-electron chi connectivity index (χ2n) is 5.26. The summed E-state index contributed by atoms with van der Waals surface area (Å²) in [6.45, 7) is 0.712. The molecule has 1 amide bonds. The van der Waals surface area contributed by atoms with E-state index in [9.17, 15) is 4.79 Å². The third-order valence-electron chi connectivity index (χ3n) is 4.02. The fourth-order valence-corrected chi connectivity index (χ4v) is 2.64. The van der Waals surface area contributed by atoms with Crippen LogP contribution in [0.3, 0.4) is 0 Å². The number of carbonyl (C=O) groups excluding carboxylic acids is 1. The maximum Gasteiger partial charge on any atom is 0.233 e. The molecule has 0 heterocycles. The summed E-state index contributed by atoms with van der Waals surface area (Å²) < 4.78 is 0. The summed E-state index contributed by atoms with van der Waals surface area (Å²) in [6.07, 6.45) is 6.95. The highest BCUT2D eigenvalue weighted by Crippen LogP contribution is 2.38. The highest BCUT2D eigenvalue weighted by Gasteiger charge is 2.45. The Bertz CT molecular complexity index is 318. The van der Waals surface area contributed by atoms with Gasteiger partial charge in [-0.3, -0.25) is 4.79 Å². The number of carbonyl (C=O) groups is 1. The molecule has 5 heteroatoms. The van der Waals surface area contributed by atoms with Crippen molar-refractivity contribution in [2.75, 3.05) is 6.54 Å². The lowest BCUT2D eigenvalue weighted by Gasteiger charge is -2.25. The molecule has 17 heavy (non-hydrogen) atoms. The minimum atomic E-state index is -0.752. The lowest BCUT2D eigenvalue weighted by Crippen LogP contribution is -2.48. The molecule has 0 aliphatic heterocycles. The molecule has 4 N–H and O–H groups in total. The Morgan fingerprint density at radius 1 is 1.41 bits per heavy atom. The fourth-order valence-electron chi connectivity index (χ4n) is 2.64. The van der Waals surface area contributed by atoms with E-state index in [0.29, 0.717) is 19.4 Å². The number of hydrogen-bond donors (Lipinski definition) is 3. The molecule has 0 radical (unpaired) electrons. The Hall–Kier alpha value is -1.26. The molecule has 96 valence electrons. The third kappa shape index (κ3) is 2.53. The van der Waals surface area contributed by atoms with Crippen LogP contribution >= 0.6 is 0 Å². The van der Waals surface area contributed by atoms with Gasteiger partial charge in [-0.05, 0) is 25.2 Å². The van der Waals surface area contributed by atoms with E-state index < -0.39 is 5.41 Å². The van der Waals surface area contributed by atoms with Gasteiger partial charge in [-0.1, -0.05) is 30.8 Å². The number of amidine groups is 1. The average Bonchev–Trinajstić information content (AvgIpc) is 3.02. The molecule has 0 aromatic rings. The van der Waals surface area contributed by atoms with Gasteiger partial charge in [0, 0.05) is 6.54 Å². The highest BCUT2D eigenvalue weighted by atomic mass is 16.4. The number of nitrogens with two attached hydrogens (primary N) is 1. The van der Waals surface area contributed by atoms with E-state index in [2.05, 4.69) is 10.5 Å². The molecule has 2 saturated carbocycles. The van der Waals surface area contributed by atoms with E-state index in [4.69, 9.17) is 10.9 Å². The molecule has 2 aliphatic rings. The van der Waals surface area contributed by atoms with Gasteiger partial charge in [-0.15, -0.1) is 0 Å². The molecule has 5 nitrogen and oxygen atoms in total. The fraction of sp³-hybridized carbons (Fsp3) is 0.833. The van der Waals surface area contributed by atoms with Crippen LogP contribution in [0.25, 0.3) is 0 Å². The van der Waals surface area contributed by atoms with Gasteiger partial charge < -0.3 is 16.3 Å². The van der Waals surface area contributed by atoms with Gasteiger partial charge in [0.05, 0.1) is 0 Å². The van der Waals surface area contributed by atoms with Crippen LogP contribution in [0.5, 0.6) is 0 Å². The van der Waals surface area contributed by atoms with Crippen molar-refractivity contribution in [3.05, 3.63) is 0 Å². The Morgan fingerprint density at radius 3 is 2.59 bits per heavy atom. The van der Waals surface area contributed by atoms with Crippen LogP contribution in [0, 0.1) is 11.3 Å². The van der Waals surface area contributed by atoms with E-state index in [-0.39, 0.29) is 11.7 Å². The molecular weight excluding hydrogens is 218 g/mol.